The third-order valence-electron chi connectivity index (χ3n) is 4.76. The van der Waals surface area contributed by atoms with Crippen LogP contribution in [0.3, 0.4) is 0 Å². The van der Waals surface area contributed by atoms with Crippen LogP contribution in [0.25, 0.3) is 6.08 Å². The molecule has 3 heterocycles. The lowest BCUT2D eigenvalue weighted by Crippen LogP contribution is -2.33. The number of amides is 2. The Morgan fingerprint density at radius 2 is 1.97 bits per heavy atom. The minimum atomic E-state index is -0.343. The van der Waals surface area contributed by atoms with Crippen LogP contribution in [-0.2, 0) is 16.1 Å². The second-order valence-electron chi connectivity index (χ2n) is 6.82. The molecular formula is C21H20FN3O3S. The Balaban J connectivity index is 1.53. The summed E-state index contributed by atoms with van der Waals surface area (Å²) in [7, 11) is 0. The van der Waals surface area contributed by atoms with Crippen molar-refractivity contribution in [3.8, 4) is 0 Å². The summed E-state index contributed by atoms with van der Waals surface area (Å²) in [6, 6.07) is 9.38. The van der Waals surface area contributed by atoms with Crippen LogP contribution in [0.2, 0.25) is 0 Å². The first-order valence-corrected chi connectivity index (χ1v) is 10.4. The fraction of sp³-hybridized carbons (Fsp3) is 0.286. The number of carbonyl (C=O) groups excluding carboxylic acids is 2. The monoisotopic (exact) mass is 413 g/mol. The van der Waals surface area contributed by atoms with Crippen molar-refractivity contribution in [2.45, 2.75) is 19.4 Å². The lowest BCUT2D eigenvalue weighted by atomic mass is 10.2. The second kappa shape index (κ2) is 8.65. The van der Waals surface area contributed by atoms with E-state index in [1.807, 2.05) is 4.90 Å². The van der Waals surface area contributed by atoms with E-state index in [2.05, 4.69) is 4.99 Å². The molecule has 2 aliphatic rings. The van der Waals surface area contributed by atoms with Crippen molar-refractivity contribution in [2.75, 3.05) is 18.8 Å². The molecule has 8 heteroatoms. The van der Waals surface area contributed by atoms with Gasteiger partial charge in [-0.05, 0) is 48.7 Å². The lowest BCUT2D eigenvalue weighted by Gasteiger charge is -2.18. The quantitative estimate of drug-likeness (QED) is 0.704. The topological polar surface area (TPSA) is 66.1 Å². The number of thioether (sulfide) groups is 1. The fourth-order valence-corrected chi connectivity index (χ4v) is 4.14. The molecule has 29 heavy (non-hydrogen) atoms. The van der Waals surface area contributed by atoms with E-state index in [0.29, 0.717) is 16.5 Å². The number of rotatable bonds is 5. The molecule has 150 valence electrons. The maximum absolute atomic E-state index is 13.1. The van der Waals surface area contributed by atoms with Gasteiger partial charge in [0.25, 0.3) is 5.91 Å². The van der Waals surface area contributed by atoms with E-state index in [1.54, 1.807) is 36.6 Å². The van der Waals surface area contributed by atoms with E-state index >= 15 is 0 Å². The molecule has 2 amide bonds. The Kier molecular flexibility index (Phi) is 5.80. The van der Waals surface area contributed by atoms with Crippen LogP contribution in [0.1, 0.15) is 24.2 Å². The van der Waals surface area contributed by atoms with Crippen LogP contribution in [-0.4, -0.2) is 45.6 Å². The van der Waals surface area contributed by atoms with Gasteiger partial charge >= 0.3 is 0 Å². The molecular weight excluding hydrogens is 393 g/mol. The number of furan rings is 1. The minimum absolute atomic E-state index is 0.0524. The molecule has 0 N–H and O–H groups in total. The van der Waals surface area contributed by atoms with Crippen LogP contribution < -0.4 is 0 Å². The van der Waals surface area contributed by atoms with Gasteiger partial charge in [0.2, 0.25) is 5.91 Å². The van der Waals surface area contributed by atoms with Crippen molar-refractivity contribution in [3.63, 3.8) is 0 Å². The number of hydrogen-bond donors (Lipinski definition) is 0. The summed E-state index contributed by atoms with van der Waals surface area (Å²) in [5.74, 6) is 0.286. The Labute approximate surface area is 172 Å². The van der Waals surface area contributed by atoms with Gasteiger partial charge in [0, 0.05) is 13.1 Å². The van der Waals surface area contributed by atoms with Crippen molar-refractivity contribution in [2.24, 2.45) is 4.99 Å². The van der Waals surface area contributed by atoms with Crippen molar-refractivity contribution in [3.05, 3.63) is 65.5 Å². The molecule has 2 aromatic rings. The molecule has 0 radical (unpaired) electrons. The highest BCUT2D eigenvalue weighted by Crippen LogP contribution is 2.26. The molecule has 0 saturated carbocycles. The zero-order valence-electron chi connectivity index (χ0n) is 15.7. The van der Waals surface area contributed by atoms with Crippen LogP contribution in [0.15, 0.2) is 57.8 Å². The van der Waals surface area contributed by atoms with Gasteiger partial charge in [-0.25, -0.2) is 9.38 Å². The second-order valence-corrected chi connectivity index (χ2v) is 7.77. The molecule has 6 nitrogen and oxygen atoms in total. The number of nitrogens with zero attached hydrogens (tertiary/aromatic N) is 3. The van der Waals surface area contributed by atoms with Gasteiger partial charge in [-0.2, -0.15) is 0 Å². The summed E-state index contributed by atoms with van der Waals surface area (Å²) in [5.41, 5.74) is 0.926. The highest BCUT2D eigenvalue weighted by molar-refractivity contribution is 8.14. The standard InChI is InChI=1S/C21H20FN3O3S/c22-16-7-5-15(6-8-16)12-18-20(27)25(13-17-4-3-11-28-17)21(23-18)29-14-19(26)24-9-1-2-10-24/h3-8,11-12H,1-2,9-10,13-14H2. The minimum Gasteiger partial charge on any atom is -0.467 e. The number of carbonyl (C=O) groups is 2. The number of hydrogen-bond acceptors (Lipinski definition) is 5. The molecule has 2 aliphatic heterocycles. The van der Waals surface area contributed by atoms with Gasteiger partial charge in [0.1, 0.15) is 17.3 Å². The number of benzene rings is 1. The molecule has 4 rings (SSSR count). The summed E-state index contributed by atoms with van der Waals surface area (Å²) in [5, 5.41) is 0.465. The molecule has 1 saturated heterocycles. The first-order chi connectivity index (χ1) is 14.1. The normalized spacial score (nSPS) is 18.0. The van der Waals surface area contributed by atoms with E-state index < -0.39 is 0 Å². The first kappa shape index (κ1) is 19.4. The molecule has 0 aliphatic carbocycles. The van der Waals surface area contributed by atoms with E-state index in [9.17, 15) is 14.0 Å². The summed E-state index contributed by atoms with van der Waals surface area (Å²) in [6.45, 7) is 1.81. The van der Waals surface area contributed by atoms with Crippen LogP contribution >= 0.6 is 11.8 Å². The van der Waals surface area contributed by atoms with Gasteiger partial charge in [0.15, 0.2) is 5.17 Å². The predicted molar refractivity (Wildman–Crippen MR) is 109 cm³/mol. The predicted octanol–water partition coefficient (Wildman–Crippen LogP) is 3.51. The van der Waals surface area contributed by atoms with E-state index in [4.69, 9.17) is 4.42 Å². The fourth-order valence-electron chi connectivity index (χ4n) is 3.24. The molecule has 1 aromatic carbocycles. The van der Waals surface area contributed by atoms with Gasteiger partial charge in [-0.3, -0.25) is 14.5 Å². The maximum Gasteiger partial charge on any atom is 0.278 e. The van der Waals surface area contributed by atoms with Gasteiger partial charge in [-0.15, -0.1) is 0 Å². The van der Waals surface area contributed by atoms with E-state index in [-0.39, 0.29) is 35.6 Å². The highest BCUT2D eigenvalue weighted by Gasteiger charge is 2.32. The summed E-state index contributed by atoms with van der Waals surface area (Å²) >= 11 is 1.25. The molecule has 0 atom stereocenters. The van der Waals surface area contributed by atoms with Crippen LogP contribution in [0.5, 0.6) is 0 Å². The Bertz CT molecular complexity index is 948. The van der Waals surface area contributed by atoms with Crippen LogP contribution in [0.4, 0.5) is 4.39 Å². The molecule has 1 aromatic heterocycles. The summed E-state index contributed by atoms with van der Waals surface area (Å²) in [6.07, 6.45) is 5.23. The smallest absolute Gasteiger partial charge is 0.278 e. The SMILES string of the molecule is O=C(CSC1=NC(=Cc2ccc(F)cc2)C(=O)N1Cc1ccco1)N1CCCC1. The molecule has 0 bridgehead atoms. The average molecular weight is 413 g/mol. The first-order valence-electron chi connectivity index (χ1n) is 9.41. The molecule has 0 unspecified atom stereocenters. The number of halogens is 1. The largest absolute Gasteiger partial charge is 0.467 e. The molecule has 1 fully saturated rings. The number of likely N-dealkylation sites (tertiary alicyclic amines) is 1. The van der Waals surface area contributed by atoms with E-state index in [0.717, 1.165) is 25.9 Å². The van der Waals surface area contributed by atoms with Crippen LogP contribution in [0, 0.1) is 5.82 Å². The number of aliphatic imine (C=N–C) groups is 1. The zero-order chi connectivity index (χ0) is 20.2. The van der Waals surface area contributed by atoms with Crippen molar-refractivity contribution >= 4 is 34.8 Å². The van der Waals surface area contributed by atoms with E-state index in [1.165, 1.54) is 28.8 Å². The Morgan fingerprint density at radius 1 is 1.21 bits per heavy atom. The average Bonchev–Trinajstić information content (AvgIpc) is 3.47. The maximum atomic E-state index is 13.1. The lowest BCUT2D eigenvalue weighted by molar-refractivity contribution is -0.127. The number of amidine groups is 1. The Hall–Kier alpha value is -2.87. The van der Waals surface area contributed by atoms with Gasteiger partial charge in [-0.1, -0.05) is 23.9 Å². The highest BCUT2D eigenvalue weighted by atomic mass is 32.2. The summed E-state index contributed by atoms with van der Waals surface area (Å²) < 4.78 is 18.5. The Morgan fingerprint density at radius 3 is 2.66 bits per heavy atom. The van der Waals surface area contributed by atoms with Crippen molar-refractivity contribution in [1.29, 1.82) is 0 Å². The third-order valence-corrected chi connectivity index (χ3v) is 5.72. The molecule has 0 spiro atoms. The van der Waals surface area contributed by atoms with Crippen molar-refractivity contribution in [1.82, 2.24) is 9.80 Å². The van der Waals surface area contributed by atoms with Gasteiger partial charge < -0.3 is 9.32 Å². The van der Waals surface area contributed by atoms with Gasteiger partial charge in [0.05, 0.1) is 18.6 Å². The summed E-state index contributed by atoms with van der Waals surface area (Å²) in [4.78, 5) is 33.1. The zero-order valence-corrected chi connectivity index (χ0v) is 16.5. The third kappa shape index (κ3) is 4.59. The van der Waals surface area contributed by atoms with Crippen molar-refractivity contribution < 1.29 is 18.4 Å².